The first-order valence-electron chi connectivity index (χ1n) is 9.09. The van der Waals surface area contributed by atoms with Crippen molar-refractivity contribution in [3.63, 3.8) is 0 Å². The lowest BCUT2D eigenvalue weighted by Gasteiger charge is -2.20. The fraction of sp³-hybridized carbons (Fsp3) is 0.381. The molecule has 7 heteroatoms. The van der Waals surface area contributed by atoms with Gasteiger partial charge in [0, 0.05) is 30.9 Å². The molecular formula is C21H25N3O4. The molecule has 0 N–H and O–H groups in total. The fourth-order valence-corrected chi connectivity index (χ4v) is 3.09. The summed E-state index contributed by atoms with van der Waals surface area (Å²) in [4.78, 5) is 19.4. The number of aryl methyl sites for hydroxylation is 1. The average Bonchev–Trinajstić information content (AvgIpc) is 3.07. The van der Waals surface area contributed by atoms with E-state index in [4.69, 9.17) is 14.0 Å². The summed E-state index contributed by atoms with van der Waals surface area (Å²) in [5, 5.41) is 4.64. The number of nitrogens with zero attached hydrogens (tertiary/aromatic N) is 3. The van der Waals surface area contributed by atoms with E-state index in [1.807, 2.05) is 39.0 Å². The Morgan fingerprint density at radius 3 is 2.61 bits per heavy atom. The number of aromatic nitrogens is 2. The molecule has 0 aliphatic rings. The molecule has 0 fully saturated rings. The number of rotatable bonds is 6. The van der Waals surface area contributed by atoms with Crippen LogP contribution in [0, 0.1) is 6.92 Å². The number of hydrogen-bond acceptors (Lipinski definition) is 6. The van der Waals surface area contributed by atoms with Gasteiger partial charge in [-0.15, -0.1) is 0 Å². The number of ether oxygens (including phenoxy) is 2. The Morgan fingerprint density at radius 2 is 1.96 bits per heavy atom. The molecule has 3 aromatic rings. The number of carbonyl (C=O) groups is 1. The Kier molecular flexibility index (Phi) is 5.53. The van der Waals surface area contributed by atoms with Gasteiger partial charge in [0.15, 0.2) is 0 Å². The van der Waals surface area contributed by atoms with E-state index in [1.165, 1.54) is 0 Å². The molecule has 0 saturated heterocycles. The first-order chi connectivity index (χ1) is 13.3. The minimum atomic E-state index is -0.126. The average molecular weight is 383 g/mol. The van der Waals surface area contributed by atoms with Gasteiger partial charge in [-0.25, -0.2) is 4.98 Å². The zero-order valence-corrected chi connectivity index (χ0v) is 17.1. The monoisotopic (exact) mass is 383 g/mol. The van der Waals surface area contributed by atoms with Gasteiger partial charge >= 0.3 is 0 Å². The van der Waals surface area contributed by atoms with Crippen LogP contribution in [0.2, 0.25) is 0 Å². The number of benzene rings is 1. The highest BCUT2D eigenvalue weighted by molar-refractivity contribution is 6.06. The molecule has 2 heterocycles. The molecule has 0 spiro atoms. The van der Waals surface area contributed by atoms with Crippen LogP contribution in [0.3, 0.4) is 0 Å². The highest BCUT2D eigenvalue weighted by Crippen LogP contribution is 2.28. The summed E-state index contributed by atoms with van der Waals surface area (Å²) >= 11 is 0. The molecule has 148 valence electrons. The molecule has 0 aliphatic heterocycles. The predicted molar refractivity (Wildman–Crippen MR) is 106 cm³/mol. The molecule has 28 heavy (non-hydrogen) atoms. The number of methoxy groups -OCH3 is 2. The molecule has 7 nitrogen and oxygen atoms in total. The van der Waals surface area contributed by atoms with Gasteiger partial charge in [0.1, 0.15) is 11.5 Å². The quantitative estimate of drug-likeness (QED) is 0.641. The maximum atomic E-state index is 13.3. The first kappa shape index (κ1) is 19.7. The molecule has 1 aromatic carbocycles. The summed E-state index contributed by atoms with van der Waals surface area (Å²) in [7, 11) is 4.96. The van der Waals surface area contributed by atoms with Crippen molar-refractivity contribution < 1.29 is 18.8 Å². The highest BCUT2D eigenvalue weighted by Gasteiger charge is 2.23. The molecule has 0 saturated carbocycles. The summed E-state index contributed by atoms with van der Waals surface area (Å²) in [6.07, 6.45) is 0. The number of fused-ring (bicyclic) bond motifs is 1. The van der Waals surface area contributed by atoms with Crippen molar-refractivity contribution in [3.05, 3.63) is 46.8 Å². The van der Waals surface area contributed by atoms with Gasteiger partial charge < -0.3 is 18.9 Å². The summed E-state index contributed by atoms with van der Waals surface area (Å²) in [5.41, 5.74) is 3.26. The minimum absolute atomic E-state index is 0.126. The number of hydrogen-bond donors (Lipinski definition) is 0. The summed E-state index contributed by atoms with van der Waals surface area (Å²) in [6, 6.07) is 7.39. The van der Waals surface area contributed by atoms with Crippen LogP contribution in [0.4, 0.5) is 0 Å². The maximum Gasteiger partial charge on any atom is 0.259 e. The minimum Gasteiger partial charge on any atom is -0.497 e. The van der Waals surface area contributed by atoms with Gasteiger partial charge in [-0.05, 0) is 31.0 Å². The van der Waals surface area contributed by atoms with Crippen LogP contribution in [-0.4, -0.2) is 42.2 Å². The van der Waals surface area contributed by atoms with E-state index in [1.54, 1.807) is 32.2 Å². The molecule has 0 aliphatic carbocycles. The number of carbonyl (C=O) groups excluding carboxylic acids is 1. The van der Waals surface area contributed by atoms with Crippen molar-refractivity contribution in [1.82, 2.24) is 15.0 Å². The van der Waals surface area contributed by atoms with E-state index in [2.05, 4.69) is 10.1 Å². The largest absolute Gasteiger partial charge is 0.497 e. The van der Waals surface area contributed by atoms with Crippen molar-refractivity contribution in [2.75, 3.05) is 21.3 Å². The van der Waals surface area contributed by atoms with E-state index < -0.39 is 0 Å². The van der Waals surface area contributed by atoms with Gasteiger partial charge in [0.05, 0.1) is 30.9 Å². The van der Waals surface area contributed by atoms with Crippen LogP contribution in [0.5, 0.6) is 11.5 Å². The van der Waals surface area contributed by atoms with Gasteiger partial charge in [0.2, 0.25) is 0 Å². The molecule has 3 rings (SSSR count). The molecule has 0 radical (unpaired) electrons. The Hall–Kier alpha value is -3.09. The van der Waals surface area contributed by atoms with E-state index in [0.717, 1.165) is 11.3 Å². The number of pyridine rings is 1. The van der Waals surface area contributed by atoms with E-state index >= 15 is 0 Å². The van der Waals surface area contributed by atoms with Crippen molar-refractivity contribution in [1.29, 1.82) is 0 Å². The van der Waals surface area contributed by atoms with E-state index in [-0.39, 0.29) is 11.8 Å². The van der Waals surface area contributed by atoms with Crippen LogP contribution in [0.15, 0.2) is 28.8 Å². The van der Waals surface area contributed by atoms with Crippen LogP contribution in [0.1, 0.15) is 47.1 Å². The van der Waals surface area contributed by atoms with Gasteiger partial charge in [-0.2, -0.15) is 0 Å². The lowest BCUT2D eigenvalue weighted by Crippen LogP contribution is -2.27. The van der Waals surface area contributed by atoms with Gasteiger partial charge in [-0.1, -0.05) is 19.0 Å². The number of amides is 1. The Labute approximate surface area is 164 Å². The third-order valence-corrected chi connectivity index (χ3v) is 4.71. The van der Waals surface area contributed by atoms with E-state index in [0.29, 0.717) is 40.4 Å². The van der Waals surface area contributed by atoms with Gasteiger partial charge in [-0.3, -0.25) is 4.79 Å². The van der Waals surface area contributed by atoms with Crippen LogP contribution in [0.25, 0.3) is 11.1 Å². The zero-order valence-electron chi connectivity index (χ0n) is 17.1. The fourth-order valence-electron chi connectivity index (χ4n) is 3.09. The SMILES string of the molecule is COc1ccc(CN(C)C(=O)c2cc(C(C)C)nc3onc(C)c23)c(OC)c1. The van der Waals surface area contributed by atoms with Crippen molar-refractivity contribution in [3.8, 4) is 11.5 Å². The zero-order chi connectivity index (χ0) is 20.4. The summed E-state index contributed by atoms with van der Waals surface area (Å²) in [6.45, 7) is 6.25. The molecular weight excluding hydrogens is 358 g/mol. The van der Waals surface area contributed by atoms with Crippen LogP contribution in [-0.2, 0) is 6.54 Å². The van der Waals surface area contributed by atoms with Crippen LogP contribution >= 0.6 is 0 Å². The second-order valence-corrected chi connectivity index (χ2v) is 7.04. The topological polar surface area (TPSA) is 77.7 Å². The second kappa shape index (κ2) is 7.88. The van der Waals surface area contributed by atoms with Crippen molar-refractivity contribution >= 4 is 17.0 Å². The third-order valence-electron chi connectivity index (χ3n) is 4.71. The van der Waals surface area contributed by atoms with Gasteiger partial charge in [0.25, 0.3) is 11.6 Å². The summed E-state index contributed by atoms with van der Waals surface area (Å²) in [5.74, 6) is 1.40. The molecule has 0 bridgehead atoms. The molecule has 1 amide bonds. The molecule has 2 aromatic heterocycles. The third kappa shape index (κ3) is 3.65. The standard InChI is InChI=1S/C21H25N3O4/c1-12(2)17-10-16(19-13(3)23-28-20(19)22-17)21(25)24(4)11-14-7-8-15(26-5)9-18(14)27-6/h7-10,12H,11H2,1-6H3. The second-order valence-electron chi connectivity index (χ2n) is 7.04. The Bertz CT molecular complexity index is 1010. The Balaban J connectivity index is 1.97. The lowest BCUT2D eigenvalue weighted by atomic mass is 10.0. The summed E-state index contributed by atoms with van der Waals surface area (Å²) < 4.78 is 16.0. The maximum absolute atomic E-state index is 13.3. The predicted octanol–water partition coefficient (Wildman–Crippen LogP) is 3.94. The van der Waals surface area contributed by atoms with Crippen molar-refractivity contribution in [2.45, 2.75) is 33.2 Å². The Morgan fingerprint density at radius 1 is 1.21 bits per heavy atom. The molecule has 0 unspecified atom stereocenters. The van der Waals surface area contributed by atoms with Crippen LogP contribution < -0.4 is 9.47 Å². The molecule has 0 atom stereocenters. The van der Waals surface area contributed by atoms with E-state index in [9.17, 15) is 4.79 Å². The first-order valence-corrected chi connectivity index (χ1v) is 9.09. The normalized spacial score (nSPS) is 11.1. The van der Waals surface area contributed by atoms with Crippen molar-refractivity contribution in [2.24, 2.45) is 0 Å². The highest BCUT2D eigenvalue weighted by atomic mass is 16.5. The lowest BCUT2D eigenvalue weighted by molar-refractivity contribution is 0.0786. The smallest absolute Gasteiger partial charge is 0.259 e.